The van der Waals surface area contributed by atoms with Gasteiger partial charge in [0.05, 0.1) is 22.7 Å². The number of aromatic nitrogens is 2. The quantitative estimate of drug-likeness (QED) is 0.369. The standard InChI is InChI=1S/C21H17F2N3O3S2/c1-11-15(24-19(28-11)16-4-3-9-30-16)10-17(27)25-21-26-18(12(2)31-21)13-5-7-14(8-6-13)29-20(22)23/h3-9,20H,10H2,1-2H3,(H,25,26,27). The number of thiazole rings is 1. The Kier molecular flexibility index (Phi) is 6.10. The van der Waals surface area contributed by atoms with E-state index in [2.05, 4.69) is 20.0 Å². The molecule has 10 heteroatoms. The van der Waals surface area contributed by atoms with Gasteiger partial charge in [-0.25, -0.2) is 9.97 Å². The first-order valence-corrected chi connectivity index (χ1v) is 10.9. The van der Waals surface area contributed by atoms with Crippen LogP contribution in [-0.2, 0) is 11.2 Å². The second kappa shape index (κ2) is 8.94. The van der Waals surface area contributed by atoms with E-state index in [1.54, 1.807) is 19.1 Å². The van der Waals surface area contributed by atoms with Gasteiger partial charge in [0.15, 0.2) is 5.13 Å². The van der Waals surface area contributed by atoms with Gasteiger partial charge in [-0.1, -0.05) is 6.07 Å². The molecule has 4 aromatic rings. The monoisotopic (exact) mass is 461 g/mol. The molecule has 6 nitrogen and oxygen atoms in total. The summed E-state index contributed by atoms with van der Waals surface area (Å²) in [6, 6.07) is 10.0. The van der Waals surface area contributed by atoms with Crippen LogP contribution in [0.4, 0.5) is 13.9 Å². The fourth-order valence-corrected chi connectivity index (χ4v) is 4.43. The predicted octanol–water partition coefficient (Wildman–Crippen LogP) is 5.93. The molecule has 1 amide bonds. The van der Waals surface area contributed by atoms with E-state index in [1.165, 1.54) is 34.8 Å². The van der Waals surface area contributed by atoms with Crippen LogP contribution in [0.1, 0.15) is 16.3 Å². The molecule has 0 saturated carbocycles. The maximum absolute atomic E-state index is 12.5. The summed E-state index contributed by atoms with van der Waals surface area (Å²) in [5.74, 6) is 0.919. The minimum Gasteiger partial charge on any atom is -0.440 e. The van der Waals surface area contributed by atoms with E-state index in [1.807, 2.05) is 24.4 Å². The van der Waals surface area contributed by atoms with Crippen molar-refractivity contribution in [3.63, 3.8) is 0 Å². The van der Waals surface area contributed by atoms with Crippen LogP contribution in [-0.4, -0.2) is 22.5 Å². The molecule has 0 fully saturated rings. The van der Waals surface area contributed by atoms with Gasteiger partial charge >= 0.3 is 6.61 Å². The van der Waals surface area contributed by atoms with Crippen molar-refractivity contribution < 1.29 is 22.7 Å². The van der Waals surface area contributed by atoms with Crippen molar-refractivity contribution in [3.05, 3.63) is 58.1 Å². The van der Waals surface area contributed by atoms with Gasteiger partial charge in [0.2, 0.25) is 11.8 Å². The van der Waals surface area contributed by atoms with E-state index >= 15 is 0 Å². The summed E-state index contributed by atoms with van der Waals surface area (Å²) in [6.45, 7) is 0.782. The summed E-state index contributed by atoms with van der Waals surface area (Å²) in [7, 11) is 0. The van der Waals surface area contributed by atoms with Crippen molar-refractivity contribution in [2.45, 2.75) is 26.9 Å². The highest BCUT2D eigenvalue weighted by atomic mass is 32.1. The average Bonchev–Trinajstić information content (AvgIpc) is 3.44. The number of aryl methyl sites for hydroxylation is 2. The summed E-state index contributed by atoms with van der Waals surface area (Å²) in [4.78, 5) is 23.2. The molecule has 0 unspecified atom stereocenters. The van der Waals surface area contributed by atoms with Crippen molar-refractivity contribution in [1.82, 2.24) is 9.97 Å². The number of thiophene rings is 1. The number of halogens is 2. The number of carbonyl (C=O) groups is 1. The third kappa shape index (κ3) is 4.97. The molecule has 0 bridgehead atoms. The van der Waals surface area contributed by atoms with Gasteiger partial charge in [-0.3, -0.25) is 4.79 Å². The predicted molar refractivity (Wildman–Crippen MR) is 116 cm³/mol. The summed E-state index contributed by atoms with van der Waals surface area (Å²) in [5, 5.41) is 5.18. The topological polar surface area (TPSA) is 77.3 Å². The highest BCUT2D eigenvalue weighted by Gasteiger charge is 2.17. The normalized spacial score (nSPS) is 11.1. The first-order chi connectivity index (χ1) is 14.9. The molecule has 0 spiro atoms. The molecular formula is C21H17F2N3O3S2. The van der Waals surface area contributed by atoms with Crippen LogP contribution in [0.25, 0.3) is 22.0 Å². The Morgan fingerprint density at radius 2 is 1.97 bits per heavy atom. The molecule has 1 N–H and O–H groups in total. The lowest BCUT2D eigenvalue weighted by atomic mass is 10.1. The Morgan fingerprint density at radius 1 is 1.19 bits per heavy atom. The molecule has 0 aliphatic carbocycles. The van der Waals surface area contributed by atoms with Gasteiger partial charge in [0.1, 0.15) is 11.5 Å². The van der Waals surface area contributed by atoms with Gasteiger partial charge in [-0.05, 0) is 49.6 Å². The highest BCUT2D eigenvalue weighted by molar-refractivity contribution is 7.16. The molecule has 3 heterocycles. The number of rotatable bonds is 7. The average molecular weight is 462 g/mol. The van der Waals surface area contributed by atoms with Crippen LogP contribution in [0.5, 0.6) is 5.75 Å². The van der Waals surface area contributed by atoms with E-state index in [0.29, 0.717) is 28.2 Å². The lowest BCUT2D eigenvalue weighted by Gasteiger charge is -2.05. The number of nitrogens with zero attached hydrogens (tertiary/aromatic N) is 2. The maximum Gasteiger partial charge on any atom is 0.387 e. The summed E-state index contributed by atoms with van der Waals surface area (Å²) < 4.78 is 34.6. The third-order valence-corrected chi connectivity index (χ3v) is 6.09. The molecule has 0 saturated heterocycles. The Balaban J connectivity index is 1.44. The summed E-state index contributed by atoms with van der Waals surface area (Å²) >= 11 is 2.85. The zero-order chi connectivity index (χ0) is 22.0. The van der Waals surface area contributed by atoms with Gasteiger partial charge < -0.3 is 14.5 Å². The number of nitrogens with one attached hydrogen (secondary N) is 1. The van der Waals surface area contributed by atoms with Crippen LogP contribution in [0.2, 0.25) is 0 Å². The molecule has 3 aromatic heterocycles. The Morgan fingerprint density at radius 3 is 2.65 bits per heavy atom. The SMILES string of the molecule is Cc1oc(-c2cccs2)nc1CC(=O)Nc1nc(-c2ccc(OC(F)F)cc2)c(C)s1. The van der Waals surface area contributed by atoms with Crippen LogP contribution < -0.4 is 10.1 Å². The fourth-order valence-electron chi connectivity index (χ4n) is 2.93. The molecule has 0 atom stereocenters. The van der Waals surface area contributed by atoms with E-state index in [-0.39, 0.29) is 18.1 Å². The van der Waals surface area contributed by atoms with Crippen molar-refractivity contribution >= 4 is 33.7 Å². The second-order valence-electron chi connectivity index (χ2n) is 6.55. The largest absolute Gasteiger partial charge is 0.440 e. The molecule has 4 rings (SSSR count). The van der Waals surface area contributed by atoms with E-state index in [4.69, 9.17) is 4.42 Å². The Bertz CT molecular complexity index is 1190. The first-order valence-electron chi connectivity index (χ1n) is 9.21. The number of anilines is 1. The van der Waals surface area contributed by atoms with Crippen molar-refractivity contribution in [2.24, 2.45) is 0 Å². The van der Waals surface area contributed by atoms with Crippen LogP contribution in [0, 0.1) is 13.8 Å². The minimum atomic E-state index is -2.87. The molecule has 1 aromatic carbocycles. The highest BCUT2D eigenvalue weighted by Crippen LogP contribution is 2.32. The van der Waals surface area contributed by atoms with E-state index in [0.717, 1.165) is 15.3 Å². The molecular weight excluding hydrogens is 444 g/mol. The summed E-state index contributed by atoms with van der Waals surface area (Å²) in [5.41, 5.74) is 1.98. The lowest BCUT2D eigenvalue weighted by molar-refractivity contribution is -0.115. The Hall–Kier alpha value is -3.11. The molecule has 0 aliphatic heterocycles. The number of amides is 1. The number of alkyl halides is 2. The molecule has 160 valence electrons. The number of hydrogen-bond donors (Lipinski definition) is 1. The fraction of sp³-hybridized carbons (Fsp3) is 0.190. The summed E-state index contributed by atoms with van der Waals surface area (Å²) in [6.07, 6.45) is 0.0638. The lowest BCUT2D eigenvalue weighted by Crippen LogP contribution is -2.15. The number of oxazole rings is 1. The number of carbonyl (C=O) groups excluding carboxylic acids is 1. The van der Waals surface area contributed by atoms with Gasteiger partial charge in [-0.15, -0.1) is 22.7 Å². The smallest absolute Gasteiger partial charge is 0.387 e. The first kappa shape index (κ1) is 21.1. The molecule has 0 aliphatic rings. The van der Waals surface area contributed by atoms with E-state index < -0.39 is 6.61 Å². The van der Waals surface area contributed by atoms with Crippen molar-refractivity contribution in [2.75, 3.05) is 5.32 Å². The minimum absolute atomic E-state index is 0.0638. The molecule has 31 heavy (non-hydrogen) atoms. The van der Waals surface area contributed by atoms with Gasteiger partial charge in [-0.2, -0.15) is 8.78 Å². The second-order valence-corrected chi connectivity index (χ2v) is 8.70. The Labute approximate surface area is 184 Å². The third-order valence-electron chi connectivity index (χ3n) is 4.35. The zero-order valence-corrected chi connectivity index (χ0v) is 18.2. The number of ether oxygens (including phenoxy) is 1. The van der Waals surface area contributed by atoms with Gasteiger partial charge in [0.25, 0.3) is 0 Å². The van der Waals surface area contributed by atoms with E-state index in [9.17, 15) is 13.6 Å². The number of hydrogen-bond acceptors (Lipinski definition) is 7. The molecule has 0 radical (unpaired) electrons. The van der Waals surface area contributed by atoms with Crippen molar-refractivity contribution in [1.29, 1.82) is 0 Å². The maximum atomic E-state index is 12.5. The van der Waals surface area contributed by atoms with Crippen LogP contribution >= 0.6 is 22.7 Å². The van der Waals surface area contributed by atoms with Crippen molar-refractivity contribution in [3.8, 4) is 27.8 Å². The zero-order valence-electron chi connectivity index (χ0n) is 16.5. The van der Waals surface area contributed by atoms with Crippen LogP contribution in [0.15, 0.2) is 46.2 Å². The van der Waals surface area contributed by atoms with Gasteiger partial charge in [0, 0.05) is 10.4 Å². The van der Waals surface area contributed by atoms with Crippen LogP contribution in [0.3, 0.4) is 0 Å². The number of benzene rings is 1.